The second-order valence-electron chi connectivity index (χ2n) is 11.1. The van der Waals surface area contributed by atoms with E-state index in [-0.39, 0.29) is 28.3 Å². The summed E-state index contributed by atoms with van der Waals surface area (Å²) < 4.78 is 6.38. The van der Waals surface area contributed by atoms with Crippen molar-refractivity contribution in [1.29, 1.82) is 0 Å². The Labute approximate surface area is 194 Å². The monoisotopic (exact) mass is 449 g/mol. The van der Waals surface area contributed by atoms with Crippen molar-refractivity contribution in [3.05, 3.63) is 68.6 Å². The number of allylic oxidation sites excluding steroid dienone is 2. The fraction of sp³-hybridized carbons (Fsp3) is 0.444. The highest BCUT2D eigenvalue weighted by atomic mass is 35.5. The van der Waals surface area contributed by atoms with Crippen molar-refractivity contribution in [2.75, 3.05) is 0 Å². The average molecular weight is 450 g/mol. The molecular formula is C27H28ClNO3. The summed E-state index contributed by atoms with van der Waals surface area (Å²) in [5.41, 5.74) is 4.61. The normalized spacial score (nSPS) is 23.2. The number of hydrogen-bond acceptors (Lipinski definition) is 4. The Morgan fingerprint density at radius 2 is 1.56 bits per heavy atom. The lowest BCUT2D eigenvalue weighted by atomic mass is 9.68. The Bertz CT molecular complexity index is 1200. The van der Waals surface area contributed by atoms with Crippen molar-refractivity contribution in [2.45, 2.75) is 66.2 Å². The maximum atomic E-state index is 13.4. The zero-order chi connectivity index (χ0) is 23.0. The second kappa shape index (κ2) is 7.02. The van der Waals surface area contributed by atoms with Crippen molar-refractivity contribution < 1.29 is 14.3 Å². The molecular weight excluding hydrogens is 422 g/mol. The molecule has 1 aromatic carbocycles. The summed E-state index contributed by atoms with van der Waals surface area (Å²) in [4.78, 5) is 31.5. The van der Waals surface area contributed by atoms with Crippen LogP contribution in [0, 0.1) is 17.8 Å². The molecule has 0 fully saturated rings. The molecule has 1 unspecified atom stereocenters. The van der Waals surface area contributed by atoms with Crippen LogP contribution in [-0.2, 0) is 11.2 Å². The van der Waals surface area contributed by atoms with E-state index >= 15 is 0 Å². The van der Waals surface area contributed by atoms with Gasteiger partial charge in [0.2, 0.25) is 5.88 Å². The van der Waals surface area contributed by atoms with E-state index < -0.39 is 0 Å². The third kappa shape index (κ3) is 3.40. The molecule has 5 heteroatoms. The van der Waals surface area contributed by atoms with E-state index in [0.29, 0.717) is 47.1 Å². The van der Waals surface area contributed by atoms with Crippen LogP contribution >= 0.6 is 11.6 Å². The largest absolute Gasteiger partial charge is 0.443 e. The van der Waals surface area contributed by atoms with Gasteiger partial charge in [0.1, 0.15) is 5.76 Å². The predicted octanol–water partition coefficient (Wildman–Crippen LogP) is 6.37. The molecule has 2 aromatic rings. The summed E-state index contributed by atoms with van der Waals surface area (Å²) in [6, 6.07) is 7.61. The number of nitrogens with zero attached hydrogens (tertiary/aromatic N) is 1. The molecule has 3 aliphatic rings. The Hall–Kier alpha value is -2.46. The number of Topliss-reactive ketones (excluding diaryl/α,β-unsaturated/α-hetero) is 2. The van der Waals surface area contributed by atoms with Gasteiger partial charge < -0.3 is 4.74 Å². The Morgan fingerprint density at radius 3 is 2.25 bits per heavy atom. The SMILES string of the molecule is Cc1c2c(nc3c1C(c1ccc(Cl)cc1)C1=C(CC(C)(C)CC1=O)O3)CC(C)(C)CC2=O. The van der Waals surface area contributed by atoms with Crippen LogP contribution in [-0.4, -0.2) is 16.6 Å². The van der Waals surface area contributed by atoms with Crippen LogP contribution in [0.3, 0.4) is 0 Å². The smallest absolute Gasteiger partial charge is 0.223 e. The minimum absolute atomic E-state index is 0.103. The van der Waals surface area contributed by atoms with E-state index in [2.05, 4.69) is 27.7 Å². The number of fused-ring (bicyclic) bond motifs is 2. The van der Waals surface area contributed by atoms with E-state index in [0.717, 1.165) is 28.8 Å². The Balaban J connectivity index is 1.77. The molecule has 2 aliphatic carbocycles. The van der Waals surface area contributed by atoms with Crippen LogP contribution in [0.2, 0.25) is 5.02 Å². The van der Waals surface area contributed by atoms with Gasteiger partial charge in [-0.2, -0.15) is 0 Å². The van der Waals surface area contributed by atoms with Gasteiger partial charge in [-0.25, -0.2) is 4.98 Å². The van der Waals surface area contributed by atoms with E-state index in [9.17, 15) is 9.59 Å². The number of hydrogen-bond donors (Lipinski definition) is 0. The zero-order valence-corrected chi connectivity index (χ0v) is 20.0. The first kappa shape index (κ1) is 21.4. The summed E-state index contributed by atoms with van der Waals surface area (Å²) in [5.74, 6) is 1.17. The predicted molar refractivity (Wildman–Crippen MR) is 124 cm³/mol. The lowest BCUT2D eigenvalue weighted by Gasteiger charge is -2.39. The molecule has 5 rings (SSSR count). The molecule has 0 N–H and O–H groups in total. The van der Waals surface area contributed by atoms with Crippen LogP contribution in [0.15, 0.2) is 35.6 Å². The third-order valence-electron chi connectivity index (χ3n) is 6.98. The first-order valence-electron chi connectivity index (χ1n) is 11.2. The molecule has 32 heavy (non-hydrogen) atoms. The standard InChI is InChI=1S/C27H28ClNO3/c1-14-21-17(10-26(2,3)11-18(21)30)29-25-22(14)23(15-6-8-16(28)9-7-15)24-19(31)12-27(4,5)13-20(24)32-25/h6-9,23H,10-13H2,1-5H3. The number of benzene rings is 1. The van der Waals surface area contributed by atoms with Crippen molar-refractivity contribution in [3.8, 4) is 5.88 Å². The van der Waals surface area contributed by atoms with Gasteiger partial charge in [0.15, 0.2) is 11.6 Å². The van der Waals surface area contributed by atoms with Gasteiger partial charge >= 0.3 is 0 Å². The van der Waals surface area contributed by atoms with Crippen LogP contribution in [0.5, 0.6) is 5.88 Å². The molecule has 0 bridgehead atoms. The third-order valence-corrected chi connectivity index (χ3v) is 7.23. The average Bonchev–Trinajstić information content (AvgIpc) is 2.64. The minimum atomic E-state index is -0.310. The molecule has 166 valence electrons. The first-order valence-corrected chi connectivity index (χ1v) is 11.6. The number of aromatic nitrogens is 1. The number of rotatable bonds is 1. The molecule has 0 spiro atoms. The van der Waals surface area contributed by atoms with Gasteiger partial charge in [-0.05, 0) is 47.4 Å². The number of halogens is 1. The highest BCUT2D eigenvalue weighted by molar-refractivity contribution is 6.30. The quantitative estimate of drug-likeness (QED) is 0.507. The van der Waals surface area contributed by atoms with Crippen LogP contribution in [0.1, 0.15) is 85.6 Å². The lowest BCUT2D eigenvalue weighted by Crippen LogP contribution is -2.35. The van der Waals surface area contributed by atoms with E-state index in [1.165, 1.54) is 0 Å². The van der Waals surface area contributed by atoms with Gasteiger partial charge in [0.25, 0.3) is 0 Å². The Morgan fingerprint density at radius 1 is 0.938 bits per heavy atom. The molecule has 1 aliphatic heterocycles. The topological polar surface area (TPSA) is 56.3 Å². The van der Waals surface area contributed by atoms with Gasteiger partial charge in [-0.3, -0.25) is 9.59 Å². The first-order chi connectivity index (χ1) is 15.0. The van der Waals surface area contributed by atoms with Crippen molar-refractivity contribution in [3.63, 3.8) is 0 Å². The van der Waals surface area contributed by atoms with E-state index in [1.54, 1.807) is 0 Å². The lowest BCUT2D eigenvalue weighted by molar-refractivity contribution is -0.118. The second-order valence-corrected chi connectivity index (χ2v) is 11.5. The zero-order valence-electron chi connectivity index (χ0n) is 19.3. The highest BCUT2D eigenvalue weighted by Crippen LogP contribution is 2.52. The van der Waals surface area contributed by atoms with Gasteiger partial charge in [0.05, 0.1) is 5.69 Å². The molecule has 4 nitrogen and oxygen atoms in total. The molecule has 0 saturated carbocycles. The fourth-order valence-corrected chi connectivity index (χ4v) is 5.77. The van der Waals surface area contributed by atoms with Gasteiger partial charge in [0, 0.05) is 46.9 Å². The summed E-state index contributed by atoms with van der Waals surface area (Å²) >= 11 is 6.17. The number of ketones is 2. The summed E-state index contributed by atoms with van der Waals surface area (Å²) in [6.45, 7) is 10.4. The van der Waals surface area contributed by atoms with Crippen molar-refractivity contribution in [1.82, 2.24) is 4.98 Å². The summed E-state index contributed by atoms with van der Waals surface area (Å²) in [5, 5.41) is 0.643. The van der Waals surface area contributed by atoms with E-state index in [4.69, 9.17) is 21.3 Å². The molecule has 0 amide bonds. The minimum Gasteiger partial charge on any atom is -0.443 e. The van der Waals surface area contributed by atoms with Crippen molar-refractivity contribution >= 4 is 23.2 Å². The molecule has 1 aromatic heterocycles. The summed E-state index contributed by atoms with van der Waals surface area (Å²) in [7, 11) is 0. The highest BCUT2D eigenvalue weighted by Gasteiger charge is 2.45. The Kier molecular flexibility index (Phi) is 4.69. The number of ether oxygens (including phenoxy) is 1. The number of carbonyl (C=O) groups excluding carboxylic acids is 2. The van der Waals surface area contributed by atoms with Crippen molar-refractivity contribution in [2.24, 2.45) is 10.8 Å². The maximum Gasteiger partial charge on any atom is 0.223 e. The molecule has 1 atom stereocenters. The van der Waals surface area contributed by atoms with E-state index in [1.807, 2.05) is 31.2 Å². The van der Waals surface area contributed by atoms with Gasteiger partial charge in [-0.1, -0.05) is 51.4 Å². The number of pyridine rings is 1. The number of carbonyl (C=O) groups is 2. The van der Waals surface area contributed by atoms with Crippen LogP contribution < -0.4 is 4.74 Å². The summed E-state index contributed by atoms with van der Waals surface area (Å²) in [6.07, 6.45) is 2.38. The van der Waals surface area contributed by atoms with Gasteiger partial charge in [-0.15, -0.1) is 0 Å². The molecule has 0 radical (unpaired) electrons. The molecule has 2 heterocycles. The molecule has 0 saturated heterocycles. The fourth-order valence-electron chi connectivity index (χ4n) is 5.65. The maximum absolute atomic E-state index is 13.4. The van der Waals surface area contributed by atoms with Crippen LogP contribution in [0.4, 0.5) is 0 Å². The van der Waals surface area contributed by atoms with Crippen LogP contribution in [0.25, 0.3) is 0 Å².